The monoisotopic (exact) mass is 289 g/mol. The molecule has 1 saturated heterocycles. The van der Waals surface area contributed by atoms with Gasteiger partial charge in [-0.15, -0.1) is 0 Å². The van der Waals surface area contributed by atoms with E-state index in [9.17, 15) is 14.7 Å². The molecule has 0 radical (unpaired) electrons. The number of carbonyl (C=O) groups is 2. The van der Waals surface area contributed by atoms with Crippen molar-refractivity contribution in [3.63, 3.8) is 0 Å². The minimum absolute atomic E-state index is 0.0780. The molecule has 4 heteroatoms. The van der Waals surface area contributed by atoms with Crippen molar-refractivity contribution < 1.29 is 14.7 Å². The molecule has 1 aliphatic heterocycles. The Hall–Kier alpha value is -1.84. The minimum Gasteiger partial charge on any atom is -0.481 e. The number of carboxylic acids is 1. The largest absolute Gasteiger partial charge is 0.481 e. The van der Waals surface area contributed by atoms with Gasteiger partial charge >= 0.3 is 5.97 Å². The van der Waals surface area contributed by atoms with Crippen LogP contribution in [-0.2, 0) is 16.0 Å². The predicted octanol–water partition coefficient (Wildman–Crippen LogP) is 3.02. The van der Waals surface area contributed by atoms with Crippen LogP contribution < -0.4 is 0 Å². The van der Waals surface area contributed by atoms with Crippen LogP contribution >= 0.6 is 0 Å². The second-order valence-corrected chi connectivity index (χ2v) is 6.58. The van der Waals surface area contributed by atoms with Crippen molar-refractivity contribution in [2.45, 2.75) is 52.1 Å². The smallest absolute Gasteiger partial charge is 0.309 e. The fourth-order valence-corrected chi connectivity index (χ4v) is 3.25. The van der Waals surface area contributed by atoms with Crippen LogP contribution in [0.25, 0.3) is 0 Å². The summed E-state index contributed by atoms with van der Waals surface area (Å²) in [4.78, 5) is 25.8. The number of likely N-dealkylation sites (tertiary alicyclic amines) is 1. The number of carboxylic acid groups (broad SMARTS) is 1. The number of hydrogen-bond acceptors (Lipinski definition) is 2. The number of amides is 1. The van der Waals surface area contributed by atoms with Gasteiger partial charge in [0.1, 0.15) is 0 Å². The zero-order valence-electron chi connectivity index (χ0n) is 13.1. The maximum absolute atomic E-state index is 12.4. The standard InChI is InChI=1S/C17H23NO3/c1-5-11-8-6-7-9-12(11)15-13(16(20)21)10-14(19)18(15)17(2,3)4/h6-9,13,15H,5,10H2,1-4H3,(H,20,21). The van der Waals surface area contributed by atoms with Crippen molar-refractivity contribution >= 4 is 11.9 Å². The minimum atomic E-state index is -0.897. The lowest BCUT2D eigenvalue weighted by atomic mass is 9.88. The van der Waals surface area contributed by atoms with Crippen LogP contribution in [0.15, 0.2) is 24.3 Å². The molecule has 1 aromatic carbocycles. The quantitative estimate of drug-likeness (QED) is 0.930. The Kier molecular flexibility index (Phi) is 4.08. The molecular formula is C17H23NO3. The first kappa shape index (κ1) is 15.5. The van der Waals surface area contributed by atoms with Crippen LogP contribution in [0.1, 0.15) is 51.3 Å². The number of nitrogens with zero attached hydrogens (tertiary/aromatic N) is 1. The number of carbonyl (C=O) groups excluding carboxylic acids is 1. The normalized spacial score (nSPS) is 22.7. The Morgan fingerprint density at radius 2 is 1.95 bits per heavy atom. The van der Waals surface area contributed by atoms with Crippen molar-refractivity contribution in [1.29, 1.82) is 0 Å². The van der Waals surface area contributed by atoms with Gasteiger partial charge < -0.3 is 10.0 Å². The highest BCUT2D eigenvalue weighted by Gasteiger charge is 2.48. The molecule has 1 aromatic rings. The molecule has 114 valence electrons. The van der Waals surface area contributed by atoms with E-state index in [0.717, 1.165) is 17.5 Å². The second kappa shape index (κ2) is 5.51. The molecule has 2 rings (SSSR count). The van der Waals surface area contributed by atoms with Gasteiger partial charge in [-0.2, -0.15) is 0 Å². The summed E-state index contributed by atoms with van der Waals surface area (Å²) in [5.74, 6) is -1.65. The van der Waals surface area contributed by atoms with E-state index in [4.69, 9.17) is 0 Å². The highest BCUT2D eigenvalue weighted by Crippen LogP contribution is 2.43. The Balaban J connectivity index is 2.57. The molecule has 0 aromatic heterocycles. The van der Waals surface area contributed by atoms with E-state index < -0.39 is 17.4 Å². The summed E-state index contributed by atoms with van der Waals surface area (Å²) in [7, 11) is 0. The number of aryl methyl sites for hydroxylation is 1. The summed E-state index contributed by atoms with van der Waals surface area (Å²) in [6.07, 6.45) is 0.903. The predicted molar refractivity (Wildman–Crippen MR) is 80.9 cm³/mol. The van der Waals surface area contributed by atoms with Crippen molar-refractivity contribution in [3.05, 3.63) is 35.4 Å². The van der Waals surface area contributed by atoms with Crippen LogP contribution in [-0.4, -0.2) is 27.4 Å². The summed E-state index contributed by atoms with van der Waals surface area (Å²) in [5, 5.41) is 9.53. The van der Waals surface area contributed by atoms with Gasteiger partial charge in [-0.05, 0) is 38.3 Å². The molecule has 1 N–H and O–H groups in total. The first-order valence-corrected chi connectivity index (χ1v) is 7.40. The van der Waals surface area contributed by atoms with Gasteiger partial charge in [0.2, 0.25) is 5.91 Å². The molecular weight excluding hydrogens is 266 g/mol. The first-order valence-electron chi connectivity index (χ1n) is 7.40. The summed E-state index contributed by atoms with van der Waals surface area (Å²) in [6, 6.07) is 7.45. The zero-order valence-corrected chi connectivity index (χ0v) is 13.1. The Morgan fingerprint density at radius 1 is 1.33 bits per heavy atom. The molecule has 2 atom stereocenters. The molecule has 2 unspecified atom stereocenters. The van der Waals surface area contributed by atoms with Gasteiger partial charge in [0.25, 0.3) is 0 Å². The topological polar surface area (TPSA) is 57.6 Å². The summed E-state index contributed by atoms with van der Waals surface area (Å²) in [6.45, 7) is 7.91. The summed E-state index contributed by atoms with van der Waals surface area (Å²) >= 11 is 0. The molecule has 1 fully saturated rings. The van der Waals surface area contributed by atoms with Gasteiger partial charge in [-0.25, -0.2) is 0 Å². The lowest BCUT2D eigenvalue weighted by molar-refractivity contribution is -0.142. The van der Waals surface area contributed by atoms with Gasteiger partial charge in [0.15, 0.2) is 0 Å². The SMILES string of the molecule is CCc1ccccc1C1C(C(=O)O)CC(=O)N1C(C)(C)C. The molecule has 1 heterocycles. The van der Waals surface area contributed by atoms with E-state index in [0.29, 0.717) is 0 Å². The number of benzene rings is 1. The maximum Gasteiger partial charge on any atom is 0.309 e. The molecule has 4 nitrogen and oxygen atoms in total. The maximum atomic E-state index is 12.4. The molecule has 0 aliphatic carbocycles. The van der Waals surface area contributed by atoms with E-state index in [1.807, 2.05) is 52.0 Å². The average molecular weight is 289 g/mol. The summed E-state index contributed by atoms with van der Waals surface area (Å²) in [5.41, 5.74) is 1.68. The van der Waals surface area contributed by atoms with Crippen LogP contribution in [0.4, 0.5) is 0 Å². The highest BCUT2D eigenvalue weighted by molar-refractivity contribution is 5.88. The van der Waals surface area contributed by atoms with Crippen LogP contribution in [0.5, 0.6) is 0 Å². The molecule has 1 aliphatic rings. The van der Waals surface area contributed by atoms with Crippen molar-refractivity contribution in [2.75, 3.05) is 0 Å². The lowest BCUT2D eigenvalue weighted by Crippen LogP contribution is -2.44. The average Bonchev–Trinajstić information content (AvgIpc) is 2.76. The number of hydrogen-bond donors (Lipinski definition) is 1. The Bertz CT molecular complexity index is 559. The molecule has 21 heavy (non-hydrogen) atoms. The van der Waals surface area contributed by atoms with Crippen molar-refractivity contribution in [2.24, 2.45) is 5.92 Å². The summed E-state index contributed by atoms with van der Waals surface area (Å²) < 4.78 is 0. The number of aliphatic carboxylic acids is 1. The molecule has 1 amide bonds. The van der Waals surface area contributed by atoms with E-state index in [2.05, 4.69) is 0 Å². The highest BCUT2D eigenvalue weighted by atomic mass is 16.4. The third-order valence-electron chi connectivity index (χ3n) is 4.12. The Labute approximate surface area is 125 Å². The van der Waals surface area contributed by atoms with E-state index >= 15 is 0 Å². The van der Waals surface area contributed by atoms with Crippen molar-refractivity contribution in [3.8, 4) is 0 Å². The fourth-order valence-electron chi connectivity index (χ4n) is 3.25. The van der Waals surface area contributed by atoms with Gasteiger partial charge in [0, 0.05) is 12.0 Å². The third kappa shape index (κ3) is 2.80. The van der Waals surface area contributed by atoms with Crippen LogP contribution in [0.3, 0.4) is 0 Å². The molecule has 0 spiro atoms. The first-order chi connectivity index (χ1) is 9.77. The van der Waals surface area contributed by atoms with Crippen LogP contribution in [0, 0.1) is 5.92 Å². The van der Waals surface area contributed by atoms with Gasteiger partial charge in [0.05, 0.1) is 12.0 Å². The van der Waals surface area contributed by atoms with Gasteiger partial charge in [-0.1, -0.05) is 31.2 Å². The van der Waals surface area contributed by atoms with Crippen LogP contribution in [0.2, 0.25) is 0 Å². The lowest BCUT2D eigenvalue weighted by Gasteiger charge is -2.39. The molecule has 0 saturated carbocycles. The zero-order chi connectivity index (χ0) is 15.8. The van der Waals surface area contributed by atoms with E-state index in [1.165, 1.54) is 0 Å². The van der Waals surface area contributed by atoms with E-state index in [-0.39, 0.29) is 18.4 Å². The van der Waals surface area contributed by atoms with Gasteiger partial charge in [-0.3, -0.25) is 9.59 Å². The van der Waals surface area contributed by atoms with E-state index in [1.54, 1.807) is 4.90 Å². The molecule has 0 bridgehead atoms. The second-order valence-electron chi connectivity index (χ2n) is 6.58. The number of rotatable bonds is 3. The van der Waals surface area contributed by atoms with Crippen molar-refractivity contribution in [1.82, 2.24) is 4.90 Å². The fraction of sp³-hybridized carbons (Fsp3) is 0.529. The Morgan fingerprint density at radius 3 is 2.48 bits per heavy atom. The third-order valence-corrected chi connectivity index (χ3v) is 4.12.